The van der Waals surface area contributed by atoms with E-state index in [1.807, 2.05) is 6.07 Å². The van der Waals surface area contributed by atoms with E-state index in [-0.39, 0.29) is 30.9 Å². The molecule has 1 unspecified atom stereocenters. The van der Waals surface area contributed by atoms with Crippen molar-refractivity contribution in [1.29, 1.82) is 0 Å². The third-order valence-electron chi connectivity index (χ3n) is 6.33. The summed E-state index contributed by atoms with van der Waals surface area (Å²) in [5, 5.41) is 29.8. The summed E-state index contributed by atoms with van der Waals surface area (Å²) in [7, 11) is 0. The monoisotopic (exact) mass is 532 g/mol. The molecule has 13 nitrogen and oxygen atoms in total. The van der Waals surface area contributed by atoms with E-state index in [1.54, 1.807) is 29.2 Å². The highest BCUT2D eigenvalue weighted by atomic mass is 16.5. The Labute approximate surface area is 221 Å². The van der Waals surface area contributed by atoms with Crippen molar-refractivity contribution in [3.8, 4) is 0 Å². The summed E-state index contributed by atoms with van der Waals surface area (Å²) in [5.74, 6) is -1.30. The number of hydrogen-bond acceptors (Lipinski definition) is 9. The zero-order chi connectivity index (χ0) is 27.3. The number of carboxylic acid groups (broad SMARTS) is 1. The normalized spacial score (nSPS) is 18.4. The summed E-state index contributed by atoms with van der Waals surface area (Å²) in [5.41, 5.74) is 0.762. The molecule has 0 radical (unpaired) electrons. The number of β-amino-alcohol motifs (C(OH)–C–C–N with tert-alkyl or cyclic N) is 1. The number of aliphatic carboxylic acids is 1. The molecule has 0 aliphatic carbocycles. The maximum atomic E-state index is 12.6. The van der Waals surface area contributed by atoms with Crippen molar-refractivity contribution < 1.29 is 34.1 Å². The molecule has 2 aliphatic heterocycles. The van der Waals surface area contributed by atoms with Crippen LogP contribution in [0, 0.1) is 5.92 Å². The lowest BCUT2D eigenvalue weighted by Gasteiger charge is -2.31. The summed E-state index contributed by atoms with van der Waals surface area (Å²) < 4.78 is 5.05. The van der Waals surface area contributed by atoms with Gasteiger partial charge >= 0.3 is 12.1 Å². The largest absolute Gasteiger partial charge is 0.480 e. The molecule has 6 N–H and O–H groups in total. The first-order chi connectivity index (χ1) is 18.3. The summed E-state index contributed by atoms with van der Waals surface area (Å²) >= 11 is 0. The number of aliphatic imine (C=N–C) groups is 1. The number of carbonyl (C=O) groups excluding carboxylic acids is 3. The lowest BCUT2D eigenvalue weighted by Crippen LogP contribution is -2.50. The highest BCUT2D eigenvalue weighted by molar-refractivity contribution is 5.83. The van der Waals surface area contributed by atoms with E-state index in [0.29, 0.717) is 64.4 Å². The van der Waals surface area contributed by atoms with Crippen LogP contribution in [0.1, 0.15) is 31.2 Å². The van der Waals surface area contributed by atoms with Crippen LogP contribution in [0.3, 0.4) is 0 Å². The van der Waals surface area contributed by atoms with Gasteiger partial charge in [-0.25, -0.2) is 9.59 Å². The molecule has 0 saturated carbocycles. The molecule has 2 heterocycles. The molecule has 2 aliphatic rings. The lowest BCUT2D eigenvalue weighted by molar-refractivity contribution is -0.140. The Bertz CT molecular complexity index is 982. The van der Waals surface area contributed by atoms with Crippen molar-refractivity contribution >= 4 is 29.8 Å². The van der Waals surface area contributed by atoms with Crippen molar-refractivity contribution in [1.82, 2.24) is 26.2 Å². The van der Waals surface area contributed by atoms with E-state index in [4.69, 9.17) is 4.74 Å². The maximum Gasteiger partial charge on any atom is 0.408 e. The molecule has 3 amide bonds. The highest BCUT2D eigenvalue weighted by Gasteiger charge is 2.29. The molecule has 3 rings (SSSR count). The zero-order valence-electron chi connectivity index (χ0n) is 21.2. The summed E-state index contributed by atoms with van der Waals surface area (Å²) in [6.07, 6.45) is 0.578. The van der Waals surface area contributed by atoms with Gasteiger partial charge in [-0.1, -0.05) is 30.3 Å². The number of alkyl carbamates (subject to hydrolysis) is 1. The number of aliphatic hydroxyl groups is 1. The molecule has 38 heavy (non-hydrogen) atoms. The maximum absolute atomic E-state index is 12.6. The molecule has 13 heteroatoms. The number of rotatable bonds is 11. The third-order valence-corrected chi connectivity index (χ3v) is 6.33. The molecule has 0 bridgehead atoms. The van der Waals surface area contributed by atoms with E-state index in [1.165, 1.54) is 0 Å². The second kappa shape index (κ2) is 14.8. The minimum atomic E-state index is -1.34. The molecule has 208 valence electrons. The summed E-state index contributed by atoms with van der Waals surface area (Å²) in [6.45, 7) is 1.99. The number of hydrogen-bond donors (Lipinski definition) is 6. The first-order valence-electron chi connectivity index (χ1n) is 12.8. The number of ether oxygens (including phenoxy) is 1. The minimum absolute atomic E-state index is 0.00329. The van der Waals surface area contributed by atoms with Crippen LogP contribution in [0.2, 0.25) is 0 Å². The lowest BCUT2D eigenvalue weighted by atomic mass is 9.95. The van der Waals surface area contributed by atoms with E-state index in [0.717, 1.165) is 5.56 Å². The Morgan fingerprint density at radius 1 is 1.16 bits per heavy atom. The van der Waals surface area contributed by atoms with Gasteiger partial charge in [0.1, 0.15) is 12.6 Å². The number of piperidine rings is 1. The molecule has 2 atom stereocenters. The van der Waals surface area contributed by atoms with Crippen LogP contribution >= 0.6 is 0 Å². The number of likely N-dealkylation sites (tertiary alicyclic amines) is 1. The molecular formula is C25H36N6O7. The van der Waals surface area contributed by atoms with Gasteiger partial charge in [0, 0.05) is 45.1 Å². The number of aliphatic hydroxyl groups excluding tert-OH is 1. The number of amides is 3. The predicted molar refractivity (Wildman–Crippen MR) is 137 cm³/mol. The van der Waals surface area contributed by atoms with Crippen LogP contribution in [0.25, 0.3) is 0 Å². The number of nitrogens with one attached hydrogen (secondary N) is 4. The van der Waals surface area contributed by atoms with Crippen LogP contribution in [-0.4, -0.2) is 96.4 Å². The number of carbonyl (C=O) groups is 4. The number of benzene rings is 1. The molecular weight excluding hydrogens is 496 g/mol. The fraction of sp³-hybridized carbons (Fsp3) is 0.560. The molecule has 1 aromatic rings. The van der Waals surface area contributed by atoms with Crippen LogP contribution in [0.4, 0.5) is 4.79 Å². The van der Waals surface area contributed by atoms with Gasteiger partial charge in [0.15, 0.2) is 5.96 Å². The summed E-state index contributed by atoms with van der Waals surface area (Å²) in [4.78, 5) is 54.5. The van der Waals surface area contributed by atoms with Crippen molar-refractivity contribution in [3.05, 3.63) is 35.9 Å². The van der Waals surface area contributed by atoms with Crippen molar-refractivity contribution in [2.45, 2.75) is 44.4 Å². The van der Waals surface area contributed by atoms with Crippen molar-refractivity contribution in [2.24, 2.45) is 10.9 Å². The van der Waals surface area contributed by atoms with Crippen molar-refractivity contribution in [3.63, 3.8) is 0 Å². The Hall–Kier alpha value is -3.87. The van der Waals surface area contributed by atoms with Gasteiger partial charge in [-0.05, 0) is 24.8 Å². The van der Waals surface area contributed by atoms with Gasteiger partial charge < -0.3 is 41.1 Å². The molecule has 0 spiro atoms. The third kappa shape index (κ3) is 9.54. The topological polar surface area (TPSA) is 182 Å². The smallest absolute Gasteiger partial charge is 0.408 e. The van der Waals surface area contributed by atoms with Gasteiger partial charge in [0.05, 0.1) is 12.6 Å². The van der Waals surface area contributed by atoms with E-state index in [2.05, 4.69) is 26.3 Å². The van der Waals surface area contributed by atoms with Crippen LogP contribution in [-0.2, 0) is 25.7 Å². The predicted octanol–water partition coefficient (Wildman–Crippen LogP) is -0.589. The second-order valence-corrected chi connectivity index (χ2v) is 9.25. The van der Waals surface area contributed by atoms with Crippen LogP contribution in [0.5, 0.6) is 0 Å². The quantitative estimate of drug-likeness (QED) is 0.203. The van der Waals surface area contributed by atoms with E-state index >= 15 is 0 Å². The first-order valence-corrected chi connectivity index (χ1v) is 12.8. The SMILES string of the molecule is O=C(N[C@@H](CNC(=O)C1CCN(C(=O)CCCNC2=NCC(O)CN2)CC1)C(=O)O)OCc1ccccc1. The fourth-order valence-electron chi connectivity index (χ4n) is 4.10. The molecule has 1 aromatic carbocycles. The average molecular weight is 533 g/mol. The van der Waals surface area contributed by atoms with Crippen molar-refractivity contribution in [2.75, 3.05) is 39.3 Å². The van der Waals surface area contributed by atoms with E-state index in [9.17, 15) is 29.4 Å². The molecule has 1 saturated heterocycles. The highest BCUT2D eigenvalue weighted by Crippen LogP contribution is 2.18. The van der Waals surface area contributed by atoms with Gasteiger partial charge in [-0.15, -0.1) is 0 Å². The molecule has 0 aromatic heterocycles. The van der Waals surface area contributed by atoms with E-state index < -0.39 is 24.2 Å². The van der Waals surface area contributed by atoms with Crippen LogP contribution in [0.15, 0.2) is 35.3 Å². The fourth-order valence-corrected chi connectivity index (χ4v) is 4.10. The number of guanidine groups is 1. The summed E-state index contributed by atoms with van der Waals surface area (Å²) in [6, 6.07) is 7.63. The number of carboxylic acids is 1. The first kappa shape index (κ1) is 28.7. The van der Waals surface area contributed by atoms with Gasteiger partial charge in [0.25, 0.3) is 0 Å². The van der Waals surface area contributed by atoms with Gasteiger partial charge in [-0.2, -0.15) is 0 Å². The second-order valence-electron chi connectivity index (χ2n) is 9.25. The Morgan fingerprint density at radius 2 is 1.89 bits per heavy atom. The standard InChI is InChI=1S/C25H36N6O7/c32-19-13-28-24(29-14-19)26-10-4-7-21(33)31-11-8-18(9-12-31)22(34)27-15-20(23(35)36)30-25(37)38-16-17-5-2-1-3-6-17/h1-3,5-6,18-20,32H,4,7-16H2,(H,27,34)(H,30,37)(H,35,36)(H2,26,28,29)/t20-/m0/s1. The average Bonchev–Trinajstić information content (AvgIpc) is 2.93. The Balaban J connectivity index is 1.31. The zero-order valence-corrected chi connectivity index (χ0v) is 21.2. The van der Waals surface area contributed by atoms with Gasteiger partial charge in [-0.3, -0.25) is 14.6 Å². The minimum Gasteiger partial charge on any atom is -0.480 e. The number of nitrogens with zero attached hydrogens (tertiary/aromatic N) is 2. The molecule has 1 fully saturated rings. The Morgan fingerprint density at radius 3 is 2.55 bits per heavy atom. The Kier molecular flexibility index (Phi) is 11.1. The van der Waals surface area contributed by atoms with Crippen LogP contribution < -0.4 is 21.3 Å². The van der Waals surface area contributed by atoms with Gasteiger partial charge in [0.2, 0.25) is 11.8 Å².